The van der Waals surface area contributed by atoms with E-state index in [-0.39, 0.29) is 0 Å². The van der Waals surface area contributed by atoms with E-state index in [4.69, 9.17) is 0 Å². The van der Waals surface area contributed by atoms with Crippen LogP contribution in [-0.4, -0.2) is 10.2 Å². The van der Waals surface area contributed by atoms with Crippen LogP contribution in [0, 0.1) is 6.92 Å². The Morgan fingerprint density at radius 3 is 2.67 bits per heavy atom. The van der Waals surface area contributed by atoms with Crippen molar-refractivity contribution < 1.29 is 0 Å². The summed E-state index contributed by atoms with van der Waals surface area (Å²) >= 11 is 0. The molecule has 0 aliphatic heterocycles. The summed E-state index contributed by atoms with van der Waals surface area (Å²) in [6.07, 6.45) is 8.84. The van der Waals surface area contributed by atoms with Gasteiger partial charge < -0.3 is 0 Å². The largest absolute Gasteiger partial charge is 0.282 e. The number of aromatic amines is 1. The molecule has 1 N–H and O–H groups in total. The SMILES string of the molecule is Cc1cn[nH]c1C1CCCCC1. The molecule has 2 nitrogen and oxygen atoms in total. The molecule has 1 aliphatic rings. The van der Waals surface area contributed by atoms with Crippen LogP contribution in [0.15, 0.2) is 6.20 Å². The topological polar surface area (TPSA) is 28.7 Å². The molecule has 0 atom stereocenters. The Morgan fingerprint density at radius 1 is 1.33 bits per heavy atom. The number of hydrogen-bond donors (Lipinski definition) is 1. The fraction of sp³-hybridized carbons (Fsp3) is 0.700. The maximum absolute atomic E-state index is 4.07. The van der Waals surface area contributed by atoms with E-state index in [1.807, 2.05) is 6.20 Å². The van der Waals surface area contributed by atoms with E-state index in [0.717, 1.165) is 5.92 Å². The summed E-state index contributed by atoms with van der Waals surface area (Å²) in [6, 6.07) is 0. The molecule has 2 rings (SSSR count). The number of rotatable bonds is 1. The zero-order valence-electron chi connectivity index (χ0n) is 7.64. The highest BCUT2D eigenvalue weighted by Crippen LogP contribution is 2.32. The third kappa shape index (κ3) is 1.38. The lowest BCUT2D eigenvalue weighted by Crippen LogP contribution is -2.06. The molecule has 0 unspecified atom stereocenters. The normalized spacial score (nSPS) is 19.8. The minimum Gasteiger partial charge on any atom is -0.282 e. The molecule has 0 amide bonds. The van der Waals surface area contributed by atoms with Crippen LogP contribution in [0.5, 0.6) is 0 Å². The summed E-state index contributed by atoms with van der Waals surface area (Å²) in [4.78, 5) is 0. The van der Waals surface area contributed by atoms with Crippen molar-refractivity contribution in [2.75, 3.05) is 0 Å². The van der Waals surface area contributed by atoms with E-state index < -0.39 is 0 Å². The van der Waals surface area contributed by atoms with Crippen LogP contribution in [0.1, 0.15) is 49.3 Å². The van der Waals surface area contributed by atoms with Crippen LogP contribution >= 0.6 is 0 Å². The molecular weight excluding hydrogens is 148 g/mol. The van der Waals surface area contributed by atoms with Gasteiger partial charge in [0.1, 0.15) is 0 Å². The Bertz CT molecular complexity index is 246. The molecular formula is C10H16N2. The average Bonchev–Trinajstić information content (AvgIpc) is 2.53. The number of aryl methyl sites for hydroxylation is 1. The van der Waals surface area contributed by atoms with Crippen molar-refractivity contribution in [2.24, 2.45) is 0 Å². The fourth-order valence-corrected chi connectivity index (χ4v) is 2.16. The van der Waals surface area contributed by atoms with Crippen molar-refractivity contribution in [1.29, 1.82) is 0 Å². The summed E-state index contributed by atoms with van der Waals surface area (Å²) in [5, 5.41) is 7.20. The molecule has 1 fully saturated rings. The summed E-state index contributed by atoms with van der Waals surface area (Å²) in [6.45, 7) is 2.15. The Morgan fingerprint density at radius 2 is 2.08 bits per heavy atom. The second kappa shape index (κ2) is 3.30. The Hall–Kier alpha value is -0.790. The molecule has 12 heavy (non-hydrogen) atoms. The van der Waals surface area contributed by atoms with E-state index in [1.54, 1.807) is 0 Å². The zero-order valence-corrected chi connectivity index (χ0v) is 7.64. The molecule has 0 saturated heterocycles. The molecule has 0 radical (unpaired) electrons. The minimum absolute atomic E-state index is 0.765. The highest BCUT2D eigenvalue weighted by atomic mass is 15.1. The molecule has 66 valence electrons. The van der Waals surface area contributed by atoms with Crippen molar-refractivity contribution >= 4 is 0 Å². The molecule has 2 heteroatoms. The van der Waals surface area contributed by atoms with Gasteiger partial charge in [-0.25, -0.2) is 0 Å². The first-order chi connectivity index (χ1) is 5.88. The predicted molar refractivity (Wildman–Crippen MR) is 49.2 cm³/mol. The molecule has 0 bridgehead atoms. The Balaban J connectivity index is 2.13. The van der Waals surface area contributed by atoms with Gasteiger partial charge in [0.2, 0.25) is 0 Å². The predicted octanol–water partition coefficient (Wildman–Crippen LogP) is 2.77. The van der Waals surface area contributed by atoms with Crippen LogP contribution in [0.4, 0.5) is 0 Å². The maximum atomic E-state index is 4.07. The molecule has 1 heterocycles. The minimum atomic E-state index is 0.765. The number of nitrogens with one attached hydrogen (secondary N) is 1. The molecule has 0 spiro atoms. The Labute approximate surface area is 73.4 Å². The van der Waals surface area contributed by atoms with Gasteiger partial charge in [0.05, 0.1) is 6.20 Å². The smallest absolute Gasteiger partial charge is 0.0519 e. The van der Waals surface area contributed by atoms with Gasteiger partial charge in [-0.05, 0) is 25.3 Å². The van der Waals surface area contributed by atoms with Gasteiger partial charge in [0.25, 0.3) is 0 Å². The number of H-pyrrole nitrogens is 1. The number of hydrogen-bond acceptors (Lipinski definition) is 1. The van der Waals surface area contributed by atoms with Gasteiger partial charge in [-0.1, -0.05) is 19.3 Å². The molecule has 1 aromatic heterocycles. The maximum Gasteiger partial charge on any atom is 0.0519 e. The average molecular weight is 164 g/mol. The standard InChI is InChI=1S/C10H16N2/c1-8-7-11-12-10(8)9-5-3-2-4-6-9/h7,9H,2-6H2,1H3,(H,11,12). The van der Waals surface area contributed by atoms with Gasteiger partial charge in [-0.3, -0.25) is 5.10 Å². The van der Waals surface area contributed by atoms with Gasteiger partial charge in [0, 0.05) is 11.6 Å². The highest BCUT2D eigenvalue weighted by Gasteiger charge is 2.18. The molecule has 1 saturated carbocycles. The van der Waals surface area contributed by atoms with E-state index in [0.29, 0.717) is 0 Å². The third-order valence-corrected chi connectivity index (χ3v) is 2.88. The highest BCUT2D eigenvalue weighted by molar-refractivity contribution is 5.18. The van der Waals surface area contributed by atoms with E-state index in [9.17, 15) is 0 Å². The van der Waals surface area contributed by atoms with Crippen molar-refractivity contribution in [3.05, 3.63) is 17.5 Å². The lowest BCUT2D eigenvalue weighted by molar-refractivity contribution is 0.435. The van der Waals surface area contributed by atoms with Crippen molar-refractivity contribution in [1.82, 2.24) is 10.2 Å². The van der Waals surface area contributed by atoms with Crippen LogP contribution in [0.2, 0.25) is 0 Å². The molecule has 1 aliphatic carbocycles. The molecule has 1 aromatic rings. The van der Waals surface area contributed by atoms with Gasteiger partial charge >= 0.3 is 0 Å². The summed E-state index contributed by atoms with van der Waals surface area (Å²) < 4.78 is 0. The summed E-state index contributed by atoms with van der Waals surface area (Å²) in [5.41, 5.74) is 2.72. The first kappa shape index (κ1) is 7.84. The van der Waals surface area contributed by atoms with Crippen LogP contribution in [0.3, 0.4) is 0 Å². The third-order valence-electron chi connectivity index (χ3n) is 2.88. The number of nitrogens with zero attached hydrogens (tertiary/aromatic N) is 1. The van der Waals surface area contributed by atoms with E-state index >= 15 is 0 Å². The van der Waals surface area contributed by atoms with Gasteiger partial charge in [0.15, 0.2) is 0 Å². The van der Waals surface area contributed by atoms with Crippen molar-refractivity contribution in [3.8, 4) is 0 Å². The second-order valence-corrected chi connectivity index (χ2v) is 3.80. The van der Waals surface area contributed by atoms with Crippen LogP contribution in [0.25, 0.3) is 0 Å². The van der Waals surface area contributed by atoms with E-state index in [1.165, 1.54) is 43.4 Å². The van der Waals surface area contributed by atoms with Gasteiger partial charge in [-0.15, -0.1) is 0 Å². The quantitative estimate of drug-likeness (QED) is 0.679. The van der Waals surface area contributed by atoms with E-state index in [2.05, 4.69) is 17.1 Å². The number of aromatic nitrogens is 2. The monoisotopic (exact) mass is 164 g/mol. The lowest BCUT2D eigenvalue weighted by Gasteiger charge is -2.20. The van der Waals surface area contributed by atoms with Gasteiger partial charge in [-0.2, -0.15) is 5.10 Å². The Kier molecular flexibility index (Phi) is 2.15. The summed E-state index contributed by atoms with van der Waals surface area (Å²) in [5.74, 6) is 0.765. The van der Waals surface area contributed by atoms with Crippen molar-refractivity contribution in [3.63, 3.8) is 0 Å². The zero-order chi connectivity index (χ0) is 8.39. The lowest BCUT2D eigenvalue weighted by atomic mass is 9.86. The second-order valence-electron chi connectivity index (χ2n) is 3.80. The summed E-state index contributed by atoms with van der Waals surface area (Å²) in [7, 11) is 0. The fourth-order valence-electron chi connectivity index (χ4n) is 2.16. The first-order valence-corrected chi connectivity index (χ1v) is 4.88. The van der Waals surface area contributed by atoms with Crippen LogP contribution < -0.4 is 0 Å². The van der Waals surface area contributed by atoms with Crippen molar-refractivity contribution in [2.45, 2.75) is 44.9 Å². The molecule has 0 aromatic carbocycles. The first-order valence-electron chi connectivity index (χ1n) is 4.88. The van der Waals surface area contributed by atoms with Crippen LogP contribution in [-0.2, 0) is 0 Å².